The Hall–Kier alpha value is -0.860. The Labute approximate surface area is 98.6 Å². The summed E-state index contributed by atoms with van der Waals surface area (Å²) in [4.78, 5) is 23.3. The predicted molar refractivity (Wildman–Crippen MR) is 64.0 cm³/mol. The van der Waals surface area contributed by atoms with Gasteiger partial charge in [-0.3, -0.25) is 9.59 Å². The summed E-state index contributed by atoms with van der Waals surface area (Å²) in [6, 6.07) is 0. The highest BCUT2D eigenvalue weighted by molar-refractivity contribution is 5.85. The van der Waals surface area contributed by atoms with Crippen molar-refractivity contribution in [2.24, 2.45) is 17.8 Å². The van der Waals surface area contributed by atoms with E-state index >= 15 is 0 Å². The lowest BCUT2D eigenvalue weighted by Crippen LogP contribution is -2.25. The molecule has 0 amide bonds. The minimum absolute atomic E-state index is 0.179. The lowest BCUT2D eigenvalue weighted by atomic mass is 9.85. The molecule has 0 rings (SSSR count). The first kappa shape index (κ1) is 15.1. The summed E-state index contributed by atoms with van der Waals surface area (Å²) in [6.45, 7) is 10.1. The third kappa shape index (κ3) is 5.89. The van der Waals surface area contributed by atoms with Gasteiger partial charge in [0.25, 0.3) is 0 Å². The number of Topliss-reactive ketones (excluding diaryl/α,β-unsaturated/α-hetero) is 1. The molecular formula is C13H24O3. The van der Waals surface area contributed by atoms with Crippen LogP contribution in [0.1, 0.15) is 47.5 Å². The van der Waals surface area contributed by atoms with Crippen LogP contribution in [0.2, 0.25) is 0 Å². The van der Waals surface area contributed by atoms with Gasteiger partial charge in [0.2, 0.25) is 0 Å². The van der Waals surface area contributed by atoms with Crippen molar-refractivity contribution in [2.75, 3.05) is 6.61 Å². The second-order valence-corrected chi connectivity index (χ2v) is 4.92. The van der Waals surface area contributed by atoms with Gasteiger partial charge in [0.05, 0.1) is 13.0 Å². The maximum absolute atomic E-state index is 11.9. The second kappa shape index (κ2) is 7.42. The SMILES string of the molecule is CCOC(=O)CC(C(=O)CC(C)C)C(C)C. The number of hydrogen-bond acceptors (Lipinski definition) is 3. The van der Waals surface area contributed by atoms with Gasteiger partial charge in [0.1, 0.15) is 5.78 Å². The molecule has 0 aliphatic heterocycles. The highest BCUT2D eigenvalue weighted by Gasteiger charge is 2.25. The fourth-order valence-electron chi connectivity index (χ4n) is 1.67. The molecule has 0 bridgehead atoms. The molecule has 16 heavy (non-hydrogen) atoms. The molecule has 0 fully saturated rings. The molecule has 3 nitrogen and oxygen atoms in total. The Morgan fingerprint density at radius 3 is 2.00 bits per heavy atom. The van der Waals surface area contributed by atoms with Crippen molar-refractivity contribution in [3.05, 3.63) is 0 Å². The topological polar surface area (TPSA) is 43.4 Å². The molecule has 0 aliphatic carbocycles. The molecule has 0 saturated heterocycles. The summed E-state index contributed by atoms with van der Waals surface area (Å²) in [7, 11) is 0. The van der Waals surface area contributed by atoms with Crippen molar-refractivity contribution in [3.63, 3.8) is 0 Å². The standard InChI is InChI=1S/C13H24O3/c1-6-16-13(15)8-11(10(4)5)12(14)7-9(2)3/h9-11H,6-8H2,1-5H3. The average molecular weight is 228 g/mol. The van der Waals surface area contributed by atoms with Gasteiger partial charge in [-0.25, -0.2) is 0 Å². The zero-order valence-corrected chi connectivity index (χ0v) is 11.1. The zero-order valence-electron chi connectivity index (χ0n) is 11.1. The molecule has 0 aromatic carbocycles. The summed E-state index contributed by atoms with van der Waals surface area (Å²) in [5.74, 6) is 0.254. The van der Waals surface area contributed by atoms with E-state index in [2.05, 4.69) is 0 Å². The van der Waals surface area contributed by atoms with Crippen LogP contribution < -0.4 is 0 Å². The minimum Gasteiger partial charge on any atom is -0.466 e. The van der Waals surface area contributed by atoms with Crippen molar-refractivity contribution in [1.82, 2.24) is 0 Å². The number of carbonyl (C=O) groups is 2. The van der Waals surface area contributed by atoms with Gasteiger partial charge in [-0.1, -0.05) is 27.7 Å². The molecule has 0 N–H and O–H groups in total. The quantitative estimate of drug-likeness (QED) is 0.629. The third-order valence-electron chi connectivity index (χ3n) is 2.52. The summed E-state index contributed by atoms with van der Waals surface area (Å²) in [5.41, 5.74) is 0. The van der Waals surface area contributed by atoms with Crippen LogP contribution in [0.4, 0.5) is 0 Å². The highest BCUT2D eigenvalue weighted by atomic mass is 16.5. The average Bonchev–Trinajstić information content (AvgIpc) is 2.12. The molecule has 94 valence electrons. The lowest BCUT2D eigenvalue weighted by Gasteiger charge is -2.19. The van der Waals surface area contributed by atoms with Gasteiger partial charge >= 0.3 is 5.97 Å². The largest absolute Gasteiger partial charge is 0.466 e. The second-order valence-electron chi connectivity index (χ2n) is 4.92. The molecule has 0 saturated carbocycles. The summed E-state index contributed by atoms with van der Waals surface area (Å²) in [6.07, 6.45) is 0.763. The number of hydrogen-bond donors (Lipinski definition) is 0. The lowest BCUT2D eigenvalue weighted by molar-refractivity contribution is -0.147. The van der Waals surface area contributed by atoms with E-state index in [1.807, 2.05) is 27.7 Å². The van der Waals surface area contributed by atoms with E-state index in [0.29, 0.717) is 18.9 Å². The van der Waals surface area contributed by atoms with Crippen molar-refractivity contribution in [1.29, 1.82) is 0 Å². The van der Waals surface area contributed by atoms with E-state index < -0.39 is 0 Å². The first-order valence-electron chi connectivity index (χ1n) is 6.06. The number of esters is 1. The van der Waals surface area contributed by atoms with Gasteiger partial charge in [0, 0.05) is 12.3 Å². The Kier molecular flexibility index (Phi) is 7.02. The molecule has 0 radical (unpaired) electrons. The Morgan fingerprint density at radius 1 is 1.06 bits per heavy atom. The molecular weight excluding hydrogens is 204 g/mol. The molecule has 3 heteroatoms. The van der Waals surface area contributed by atoms with Crippen LogP contribution in [-0.4, -0.2) is 18.4 Å². The normalized spacial score (nSPS) is 12.9. The van der Waals surface area contributed by atoms with E-state index in [4.69, 9.17) is 4.74 Å². The van der Waals surface area contributed by atoms with Gasteiger partial charge < -0.3 is 4.74 Å². The fraction of sp³-hybridized carbons (Fsp3) is 0.846. The predicted octanol–water partition coefficient (Wildman–Crippen LogP) is 2.83. The monoisotopic (exact) mass is 228 g/mol. The third-order valence-corrected chi connectivity index (χ3v) is 2.52. The van der Waals surface area contributed by atoms with E-state index in [1.54, 1.807) is 6.92 Å². The van der Waals surface area contributed by atoms with E-state index in [0.717, 1.165) is 0 Å². The fourth-order valence-corrected chi connectivity index (χ4v) is 1.67. The van der Waals surface area contributed by atoms with Crippen molar-refractivity contribution in [3.8, 4) is 0 Å². The van der Waals surface area contributed by atoms with E-state index in [1.165, 1.54) is 0 Å². The maximum atomic E-state index is 11.9. The van der Waals surface area contributed by atoms with Crippen LogP contribution in [0.15, 0.2) is 0 Å². The smallest absolute Gasteiger partial charge is 0.306 e. The van der Waals surface area contributed by atoms with Crippen LogP contribution in [0.25, 0.3) is 0 Å². The van der Waals surface area contributed by atoms with Crippen LogP contribution in [-0.2, 0) is 14.3 Å². The van der Waals surface area contributed by atoms with Crippen molar-refractivity contribution < 1.29 is 14.3 Å². The van der Waals surface area contributed by atoms with E-state index in [-0.39, 0.29) is 30.0 Å². The first-order valence-corrected chi connectivity index (χ1v) is 6.06. The molecule has 0 heterocycles. The molecule has 0 spiro atoms. The van der Waals surface area contributed by atoms with Crippen LogP contribution in [0.3, 0.4) is 0 Å². The molecule has 0 aromatic rings. The van der Waals surface area contributed by atoms with Crippen LogP contribution in [0, 0.1) is 17.8 Å². The van der Waals surface area contributed by atoms with Crippen LogP contribution in [0.5, 0.6) is 0 Å². The van der Waals surface area contributed by atoms with Gasteiger partial charge in [-0.15, -0.1) is 0 Å². The molecule has 0 aromatic heterocycles. The Bertz CT molecular complexity index is 231. The maximum Gasteiger partial charge on any atom is 0.306 e. The highest BCUT2D eigenvalue weighted by Crippen LogP contribution is 2.20. The molecule has 1 atom stereocenters. The van der Waals surface area contributed by atoms with Crippen molar-refractivity contribution in [2.45, 2.75) is 47.5 Å². The molecule has 0 aliphatic rings. The number of ketones is 1. The van der Waals surface area contributed by atoms with Crippen molar-refractivity contribution >= 4 is 11.8 Å². The number of rotatable bonds is 7. The Morgan fingerprint density at radius 2 is 1.62 bits per heavy atom. The van der Waals surface area contributed by atoms with E-state index in [9.17, 15) is 9.59 Å². The minimum atomic E-state index is -0.265. The van der Waals surface area contributed by atoms with Gasteiger partial charge in [-0.2, -0.15) is 0 Å². The van der Waals surface area contributed by atoms with Crippen LogP contribution >= 0.6 is 0 Å². The Balaban J connectivity index is 4.38. The van der Waals surface area contributed by atoms with Gasteiger partial charge in [-0.05, 0) is 18.8 Å². The summed E-state index contributed by atoms with van der Waals surface area (Å²) in [5, 5.41) is 0. The first-order chi connectivity index (χ1) is 7.38. The van der Waals surface area contributed by atoms with Gasteiger partial charge in [0.15, 0.2) is 0 Å². The number of ether oxygens (including phenoxy) is 1. The molecule has 1 unspecified atom stereocenters. The summed E-state index contributed by atoms with van der Waals surface area (Å²) < 4.78 is 4.89. The zero-order chi connectivity index (χ0) is 12.7. The number of carbonyl (C=O) groups excluding carboxylic acids is 2. The summed E-state index contributed by atoms with van der Waals surface area (Å²) >= 11 is 0.